The first kappa shape index (κ1) is 11.3. The van der Waals surface area contributed by atoms with Crippen LogP contribution in [0.2, 0.25) is 5.15 Å². The van der Waals surface area contributed by atoms with Crippen LogP contribution in [0.3, 0.4) is 0 Å². The van der Waals surface area contributed by atoms with Gasteiger partial charge in [0, 0.05) is 13.2 Å². The van der Waals surface area contributed by atoms with E-state index in [0.717, 1.165) is 5.69 Å². The summed E-state index contributed by atoms with van der Waals surface area (Å²) in [5.74, 6) is 0. The van der Waals surface area contributed by atoms with Gasteiger partial charge in [-0.05, 0) is 15.9 Å². The molecule has 0 spiro atoms. The molecule has 0 aliphatic rings. The van der Waals surface area contributed by atoms with Gasteiger partial charge in [-0.3, -0.25) is 9.36 Å². The van der Waals surface area contributed by atoms with Crippen LogP contribution in [-0.2, 0) is 13.6 Å². The highest BCUT2D eigenvalue weighted by molar-refractivity contribution is 9.10. The van der Waals surface area contributed by atoms with Crippen molar-refractivity contribution in [3.05, 3.63) is 44.5 Å². The molecule has 0 N–H and O–H groups in total. The van der Waals surface area contributed by atoms with Crippen LogP contribution in [0.1, 0.15) is 5.69 Å². The Morgan fingerprint density at radius 1 is 1.50 bits per heavy atom. The molecular formula is C9H8BrClN4O. The second kappa shape index (κ2) is 4.39. The van der Waals surface area contributed by atoms with Gasteiger partial charge in [0.1, 0.15) is 4.47 Å². The number of hydrogen-bond acceptors (Lipinski definition) is 3. The SMILES string of the molecule is Cn1cncc1Cn1cnc(Cl)c(Br)c1=O. The van der Waals surface area contributed by atoms with E-state index >= 15 is 0 Å². The van der Waals surface area contributed by atoms with Crippen LogP contribution in [0.25, 0.3) is 0 Å². The summed E-state index contributed by atoms with van der Waals surface area (Å²) in [6.45, 7) is 0.415. The average molecular weight is 304 g/mol. The molecule has 0 atom stereocenters. The molecule has 16 heavy (non-hydrogen) atoms. The summed E-state index contributed by atoms with van der Waals surface area (Å²) in [6, 6.07) is 0. The van der Waals surface area contributed by atoms with Crippen LogP contribution in [0.4, 0.5) is 0 Å². The summed E-state index contributed by atoms with van der Waals surface area (Å²) in [7, 11) is 1.87. The number of halogens is 2. The van der Waals surface area contributed by atoms with Gasteiger partial charge in [-0.1, -0.05) is 11.6 Å². The topological polar surface area (TPSA) is 52.7 Å². The van der Waals surface area contributed by atoms with Crippen molar-refractivity contribution in [1.29, 1.82) is 0 Å². The molecule has 0 unspecified atom stereocenters. The zero-order valence-electron chi connectivity index (χ0n) is 8.39. The first-order chi connectivity index (χ1) is 7.59. The molecule has 2 heterocycles. The molecule has 7 heteroatoms. The highest BCUT2D eigenvalue weighted by Gasteiger charge is 2.08. The molecule has 0 aliphatic heterocycles. The first-order valence-corrected chi connectivity index (χ1v) is 5.62. The van der Waals surface area contributed by atoms with Crippen molar-refractivity contribution in [2.45, 2.75) is 6.54 Å². The molecule has 2 aromatic rings. The number of hydrogen-bond donors (Lipinski definition) is 0. The number of rotatable bonds is 2. The highest BCUT2D eigenvalue weighted by atomic mass is 79.9. The fourth-order valence-corrected chi connectivity index (χ4v) is 1.72. The van der Waals surface area contributed by atoms with E-state index in [1.165, 1.54) is 10.9 Å². The van der Waals surface area contributed by atoms with E-state index < -0.39 is 0 Å². The Kier molecular flexibility index (Phi) is 3.11. The minimum absolute atomic E-state index is 0.172. The van der Waals surface area contributed by atoms with Gasteiger partial charge in [0.05, 0.1) is 24.9 Å². The van der Waals surface area contributed by atoms with Crippen molar-refractivity contribution >= 4 is 27.5 Å². The quantitative estimate of drug-likeness (QED) is 0.789. The van der Waals surface area contributed by atoms with E-state index in [1.807, 2.05) is 11.6 Å². The normalized spacial score (nSPS) is 10.7. The van der Waals surface area contributed by atoms with Crippen LogP contribution in [0.15, 0.2) is 28.1 Å². The van der Waals surface area contributed by atoms with Gasteiger partial charge < -0.3 is 4.57 Å². The van der Waals surface area contributed by atoms with Gasteiger partial charge in [0.25, 0.3) is 5.56 Å². The molecule has 2 rings (SSSR count). The Hall–Kier alpha value is -1.14. The van der Waals surface area contributed by atoms with Crippen LogP contribution < -0.4 is 5.56 Å². The molecule has 2 aromatic heterocycles. The standard InChI is InChI=1S/C9H8BrClN4O/c1-14-4-12-2-6(14)3-15-5-13-8(11)7(10)9(15)16/h2,4-5H,3H2,1H3. The van der Waals surface area contributed by atoms with Gasteiger partial charge in [-0.2, -0.15) is 0 Å². The third-order valence-electron chi connectivity index (χ3n) is 2.19. The fraction of sp³-hybridized carbons (Fsp3) is 0.222. The van der Waals surface area contributed by atoms with Crippen molar-refractivity contribution in [3.8, 4) is 0 Å². The van der Waals surface area contributed by atoms with Crippen molar-refractivity contribution in [3.63, 3.8) is 0 Å². The van der Waals surface area contributed by atoms with Crippen LogP contribution in [0.5, 0.6) is 0 Å². The Balaban J connectivity index is 2.40. The maximum atomic E-state index is 11.8. The maximum Gasteiger partial charge on any atom is 0.269 e. The van der Waals surface area contributed by atoms with Gasteiger partial charge in [-0.25, -0.2) is 9.97 Å². The zero-order chi connectivity index (χ0) is 11.7. The number of aromatic nitrogens is 4. The molecule has 0 saturated heterocycles. The molecule has 0 amide bonds. The Bertz CT molecular complexity index is 577. The zero-order valence-corrected chi connectivity index (χ0v) is 10.7. The minimum atomic E-state index is -0.207. The van der Waals surface area contributed by atoms with Gasteiger partial charge >= 0.3 is 0 Å². The van der Waals surface area contributed by atoms with E-state index in [9.17, 15) is 4.79 Å². The van der Waals surface area contributed by atoms with E-state index in [1.54, 1.807) is 12.5 Å². The van der Waals surface area contributed by atoms with Crippen LogP contribution in [-0.4, -0.2) is 19.1 Å². The lowest BCUT2D eigenvalue weighted by Gasteiger charge is -2.06. The summed E-state index contributed by atoms with van der Waals surface area (Å²) in [6.07, 6.45) is 4.80. The molecule has 0 aromatic carbocycles. The Morgan fingerprint density at radius 3 is 2.88 bits per heavy atom. The molecular weight excluding hydrogens is 295 g/mol. The second-order valence-corrected chi connectivity index (χ2v) is 4.43. The summed E-state index contributed by atoms with van der Waals surface area (Å²) in [5.41, 5.74) is 0.708. The molecule has 0 radical (unpaired) electrons. The third-order valence-corrected chi connectivity index (χ3v) is 3.42. The largest absolute Gasteiger partial charge is 0.336 e. The number of imidazole rings is 1. The van der Waals surface area contributed by atoms with Gasteiger partial charge in [0.2, 0.25) is 0 Å². The lowest BCUT2D eigenvalue weighted by molar-refractivity contribution is 0.682. The molecule has 0 fully saturated rings. The van der Waals surface area contributed by atoms with E-state index in [-0.39, 0.29) is 15.2 Å². The van der Waals surface area contributed by atoms with Crippen LogP contribution >= 0.6 is 27.5 Å². The van der Waals surface area contributed by atoms with Crippen molar-refractivity contribution < 1.29 is 0 Å². The summed E-state index contributed by atoms with van der Waals surface area (Å²) in [5, 5.41) is 0.172. The molecule has 0 bridgehead atoms. The predicted molar refractivity (Wildman–Crippen MR) is 63.5 cm³/mol. The maximum absolute atomic E-state index is 11.8. The third kappa shape index (κ3) is 2.03. The summed E-state index contributed by atoms with van der Waals surface area (Å²) >= 11 is 8.81. The lowest BCUT2D eigenvalue weighted by atomic mass is 10.4. The van der Waals surface area contributed by atoms with Gasteiger partial charge in [0.15, 0.2) is 5.15 Å². The van der Waals surface area contributed by atoms with E-state index in [0.29, 0.717) is 6.54 Å². The smallest absolute Gasteiger partial charge is 0.269 e. The Morgan fingerprint density at radius 2 is 2.25 bits per heavy atom. The Labute approximate surface area is 105 Å². The second-order valence-electron chi connectivity index (χ2n) is 3.28. The van der Waals surface area contributed by atoms with Crippen molar-refractivity contribution in [2.75, 3.05) is 0 Å². The minimum Gasteiger partial charge on any atom is -0.336 e. The molecule has 0 aliphatic carbocycles. The molecule has 84 valence electrons. The summed E-state index contributed by atoms with van der Waals surface area (Å²) < 4.78 is 3.58. The number of nitrogens with zero attached hydrogens (tertiary/aromatic N) is 4. The van der Waals surface area contributed by atoms with Crippen molar-refractivity contribution in [1.82, 2.24) is 19.1 Å². The van der Waals surface area contributed by atoms with Crippen LogP contribution in [0, 0.1) is 0 Å². The molecule has 0 saturated carbocycles. The molecule has 5 nitrogen and oxygen atoms in total. The highest BCUT2D eigenvalue weighted by Crippen LogP contribution is 2.13. The monoisotopic (exact) mass is 302 g/mol. The number of aryl methyl sites for hydroxylation is 1. The summed E-state index contributed by atoms with van der Waals surface area (Å²) in [4.78, 5) is 19.7. The average Bonchev–Trinajstić information content (AvgIpc) is 2.65. The van der Waals surface area contributed by atoms with Crippen molar-refractivity contribution in [2.24, 2.45) is 7.05 Å². The van der Waals surface area contributed by atoms with Gasteiger partial charge in [-0.15, -0.1) is 0 Å². The predicted octanol–water partition coefficient (Wildman–Crippen LogP) is 1.44. The first-order valence-electron chi connectivity index (χ1n) is 4.45. The van der Waals surface area contributed by atoms with E-state index in [4.69, 9.17) is 11.6 Å². The van der Waals surface area contributed by atoms with E-state index in [2.05, 4.69) is 25.9 Å². The fourth-order valence-electron chi connectivity index (χ4n) is 1.27. The lowest BCUT2D eigenvalue weighted by Crippen LogP contribution is -2.22.